The fourth-order valence-corrected chi connectivity index (χ4v) is 4.64. The molecule has 2 aromatic rings. The molecule has 0 radical (unpaired) electrons. The van der Waals surface area contributed by atoms with Gasteiger partial charge in [0.1, 0.15) is 5.82 Å². The second kappa shape index (κ2) is 6.41. The van der Waals surface area contributed by atoms with E-state index in [1.165, 1.54) is 22.5 Å². The number of hydrogen-bond donors (Lipinski definition) is 1. The topological polar surface area (TPSA) is 67.2 Å². The van der Waals surface area contributed by atoms with E-state index in [9.17, 15) is 8.42 Å². The molecule has 6 nitrogen and oxygen atoms in total. The van der Waals surface area contributed by atoms with E-state index in [2.05, 4.69) is 10.3 Å². The van der Waals surface area contributed by atoms with Gasteiger partial charge in [-0.05, 0) is 18.2 Å². The smallest absolute Gasteiger partial charge is 0.243 e. The van der Waals surface area contributed by atoms with E-state index in [1.54, 1.807) is 12.4 Å². The Kier molecular flexibility index (Phi) is 4.66. The largest absolute Gasteiger partial charge is 0.337 e. The molecule has 0 amide bonds. The van der Waals surface area contributed by atoms with E-state index in [0.717, 1.165) is 0 Å². The molecule has 23 heavy (non-hydrogen) atoms. The maximum Gasteiger partial charge on any atom is 0.243 e. The van der Waals surface area contributed by atoms with Crippen LogP contribution in [0.1, 0.15) is 11.9 Å². The summed E-state index contributed by atoms with van der Waals surface area (Å²) in [7, 11) is -1.85. The first-order chi connectivity index (χ1) is 10.9. The Bertz CT molecular complexity index is 822. The third-order valence-corrected chi connectivity index (χ3v) is 6.49. The average molecular weight is 375 g/mol. The normalized spacial score (nSPS) is 19.9. The zero-order valence-corrected chi connectivity index (χ0v) is 14.7. The van der Waals surface area contributed by atoms with Crippen LogP contribution in [0, 0.1) is 0 Å². The second-order valence-corrected chi connectivity index (χ2v) is 8.01. The summed E-state index contributed by atoms with van der Waals surface area (Å²) < 4.78 is 29.3. The van der Waals surface area contributed by atoms with Crippen LogP contribution in [0.2, 0.25) is 10.0 Å². The molecule has 3 rings (SSSR count). The molecular weight excluding hydrogens is 359 g/mol. The van der Waals surface area contributed by atoms with Crippen LogP contribution in [0.3, 0.4) is 0 Å². The molecular formula is C14H16Cl2N4O2S. The summed E-state index contributed by atoms with van der Waals surface area (Å²) in [5, 5.41) is 3.76. The second-order valence-electron chi connectivity index (χ2n) is 5.31. The molecule has 1 fully saturated rings. The summed E-state index contributed by atoms with van der Waals surface area (Å²) >= 11 is 11.9. The number of rotatable bonds is 3. The summed E-state index contributed by atoms with van der Waals surface area (Å²) in [6, 6.07) is 3.98. The number of aryl methyl sites for hydroxylation is 1. The Balaban J connectivity index is 2.02. The van der Waals surface area contributed by atoms with Crippen molar-refractivity contribution >= 4 is 33.2 Å². The summed E-state index contributed by atoms with van der Waals surface area (Å²) in [5.74, 6) is 0.695. The maximum absolute atomic E-state index is 13.0. The van der Waals surface area contributed by atoms with Crippen molar-refractivity contribution in [2.75, 3.05) is 19.6 Å². The Hall–Kier alpha value is -1.12. The lowest BCUT2D eigenvalue weighted by atomic mass is 10.2. The summed E-state index contributed by atoms with van der Waals surface area (Å²) in [5.41, 5.74) is 0. The summed E-state index contributed by atoms with van der Waals surface area (Å²) in [4.78, 5) is 4.43. The molecule has 0 bridgehead atoms. The van der Waals surface area contributed by atoms with Gasteiger partial charge in [0.15, 0.2) is 0 Å². The number of benzene rings is 1. The van der Waals surface area contributed by atoms with Crippen molar-refractivity contribution in [3.8, 4) is 0 Å². The molecule has 1 unspecified atom stereocenters. The van der Waals surface area contributed by atoms with Gasteiger partial charge in [-0.2, -0.15) is 4.31 Å². The lowest BCUT2D eigenvalue weighted by Gasteiger charge is -2.34. The molecule has 0 spiro atoms. The number of sulfonamides is 1. The molecule has 1 aliphatic rings. The lowest BCUT2D eigenvalue weighted by molar-refractivity contribution is 0.258. The first-order valence-corrected chi connectivity index (χ1v) is 9.25. The lowest BCUT2D eigenvalue weighted by Crippen LogP contribution is -2.49. The number of halogens is 2. The fourth-order valence-electron chi connectivity index (χ4n) is 2.66. The number of piperazine rings is 1. The molecule has 1 aromatic heterocycles. The van der Waals surface area contributed by atoms with Gasteiger partial charge in [0.2, 0.25) is 10.0 Å². The molecule has 0 aliphatic carbocycles. The van der Waals surface area contributed by atoms with Gasteiger partial charge in [0.25, 0.3) is 0 Å². The van der Waals surface area contributed by atoms with Gasteiger partial charge in [-0.1, -0.05) is 23.2 Å². The van der Waals surface area contributed by atoms with Crippen molar-refractivity contribution < 1.29 is 8.42 Å². The highest BCUT2D eigenvalue weighted by molar-refractivity contribution is 7.89. The molecule has 1 aliphatic heterocycles. The van der Waals surface area contributed by atoms with Crippen molar-refractivity contribution in [2.24, 2.45) is 7.05 Å². The molecule has 1 N–H and O–H groups in total. The number of nitrogens with one attached hydrogen (secondary N) is 1. The standard InChI is InChI=1S/C14H16Cl2N4O2S/c1-19-6-5-18-14(19)13-9-17-4-7-20(13)23(21,22)10-2-3-11(15)12(16)8-10/h2-3,5-6,8,13,17H,4,7,9H2,1H3. The van der Waals surface area contributed by atoms with Crippen LogP contribution in [0.5, 0.6) is 0 Å². The van der Waals surface area contributed by atoms with Crippen molar-refractivity contribution in [1.82, 2.24) is 19.2 Å². The molecule has 9 heteroatoms. The summed E-state index contributed by atoms with van der Waals surface area (Å²) in [6.07, 6.45) is 3.46. The maximum atomic E-state index is 13.0. The third kappa shape index (κ3) is 3.12. The molecule has 124 valence electrons. The monoisotopic (exact) mass is 374 g/mol. The van der Waals surface area contributed by atoms with E-state index in [0.29, 0.717) is 30.5 Å². The van der Waals surface area contributed by atoms with Gasteiger partial charge in [-0.15, -0.1) is 0 Å². The predicted molar refractivity (Wildman–Crippen MR) is 89.2 cm³/mol. The minimum absolute atomic E-state index is 0.132. The van der Waals surface area contributed by atoms with E-state index in [4.69, 9.17) is 23.2 Å². The Morgan fingerprint density at radius 1 is 1.30 bits per heavy atom. The average Bonchev–Trinajstić information content (AvgIpc) is 2.96. The van der Waals surface area contributed by atoms with Crippen molar-refractivity contribution in [2.45, 2.75) is 10.9 Å². The van der Waals surface area contributed by atoms with Crippen LogP contribution >= 0.6 is 23.2 Å². The van der Waals surface area contributed by atoms with E-state index >= 15 is 0 Å². The van der Waals surface area contributed by atoms with Crippen LogP contribution in [-0.4, -0.2) is 41.9 Å². The Labute approximate surface area is 145 Å². The predicted octanol–water partition coefficient (Wildman–Crippen LogP) is 2.06. The van der Waals surface area contributed by atoms with Crippen molar-refractivity contribution in [1.29, 1.82) is 0 Å². The number of aromatic nitrogens is 2. The number of imidazole rings is 1. The highest BCUT2D eigenvalue weighted by Crippen LogP contribution is 2.31. The zero-order chi connectivity index (χ0) is 16.6. The van der Waals surface area contributed by atoms with E-state index in [1.807, 2.05) is 11.6 Å². The molecule has 0 saturated carbocycles. The zero-order valence-electron chi connectivity index (χ0n) is 12.4. The first kappa shape index (κ1) is 16.7. The van der Waals surface area contributed by atoms with Gasteiger partial charge in [0.05, 0.1) is 21.0 Å². The van der Waals surface area contributed by atoms with Crippen LogP contribution < -0.4 is 5.32 Å². The highest BCUT2D eigenvalue weighted by Gasteiger charge is 2.36. The summed E-state index contributed by atoms with van der Waals surface area (Å²) in [6.45, 7) is 1.45. The number of nitrogens with zero attached hydrogens (tertiary/aromatic N) is 3. The van der Waals surface area contributed by atoms with Crippen molar-refractivity contribution in [3.63, 3.8) is 0 Å². The van der Waals surface area contributed by atoms with Gasteiger partial charge >= 0.3 is 0 Å². The van der Waals surface area contributed by atoms with Crippen LogP contribution in [0.15, 0.2) is 35.5 Å². The van der Waals surface area contributed by atoms with Gasteiger partial charge in [0, 0.05) is 39.1 Å². The van der Waals surface area contributed by atoms with E-state index < -0.39 is 10.0 Å². The number of hydrogen-bond acceptors (Lipinski definition) is 4. The molecule has 1 saturated heterocycles. The van der Waals surface area contributed by atoms with Crippen molar-refractivity contribution in [3.05, 3.63) is 46.5 Å². The Morgan fingerprint density at radius 2 is 2.09 bits per heavy atom. The van der Waals surface area contributed by atoms with Crippen LogP contribution in [0.25, 0.3) is 0 Å². The highest BCUT2D eigenvalue weighted by atomic mass is 35.5. The van der Waals surface area contributed by atoms with E-state index in [-0.39, 0.29) is 16.0 Å². The SMILES string of the molecule is Cn1ccnc1C1CNCCN1S(=O)(=O)c1ccc(Cl)c(Cl)c1. The van der Waals surface area contributed by atoms with Crippen LogP contribution in [0.4, 0.5) is 0 Å². The minimum Gasteiger partial charge on any atom is -0.337 e. The first-order valence-electron chi connectivity index (χ1n) is 7.06. The van der Waals surface area contributed by atoms with Crippen LogP contribution in [-0.2, 0) is 17.1 Å². The molecule has 1 aromatic carbocycles. The minimum atomic E-state index is -3.70. The third-order valence-electron chi connectivity index (χ3n) is 3.85. The van der Waals surface area contributed by atoms with Gasteiger partial charge in [-0.3, -0.25) is 0 Å². The van der Waals surface area contributed by atoms with Gasteiger partial charge in [-0.25, -0.2) is 13.4 Å². The molecule has 1 atom stereocenters. The quantitative estimate of drug-likeness (QED) is 0.892. The Morgan fingerprint density at radius 3 is 2.74 bits per heavy atom. The fraction of sp³-hybridized carbons (Fsp3) is 0.357. The molecule has 2 heterocycles. The van der Waals surface area contributed by atoms with Gasteiger partial charge < -0.3 is 9.88 Å².